The van der Waals surface area contributed by atoms with E-state index in [4.69, 9.17) is 5.26 Å². The summed E-state index contributed by atoms with van der Waals surface area (Å²) in [6, 6.07) is 6.54. The van der Waals surface area contributed by atoms with E-state index in [1.54, 1.807) is 6.07 Å². The van der Waals surface area contributed by atoms with Crippen LogP contribution < -0.4 is 5.32 Å². The van der Waals surface area contributed by atoms with Gasteiger partial charge in [-0.05, 0) is 38.0 Å². The monoisotopic (exact) mass is 232 g/mol. The first-order chi connectivity index (χ1) is 8.13. The van der Waals surface area contributed by atoms with Crippen LogP contribution in [-0.4, -0.2) is 5.54 Å². The largest absolute Gasteiger partial charge is 0.307 e. The Kier molecular flexibility index (Phi) is 3.44. The van der Waals surface area contributed by atoms with Crippen molar-refractivity contribution in [3.63, 3.8) is 0 Å². The molecule has 1 saturated carbocycles. The molecule has 0 saturated heterocycles. The van der Waals surface area contributed by atoms with Crippen LogP contribution in [-0.2, 0) is 6.54 Å². The van der Waals surface area contributed by atoms with E-state index >= 15 is 0 Å². The van der Waals surface area contributed by atoms with E-state index in [0.29, 0.717) is 17.7 Å². The van der Waals surface area contributed by atoms with E-state index in [1.165, 1.54) is 25.0 Å². The van der Waals surface area contributed by atoms with Crippen molar-refractivity contribution in [2.45, 2.75) is 44.7 Å². The predicted octanol–water partition coefficient (Wildman–Crippen LogP) is 3.12. The van der Waals surface area contributed by atoms with Gasteiger partial charge in [0, 0.05) is 17.6 Å². The molecule has 17 heavy (non-hydrogen) atoms. The molecular formula is C14H17FN2. The van der Waals surface area contributed by atoms with Crippen molar-refractivity contribution in [1.82, 2.24) is 5.32 Å². The first-order valence-electron chi connectivity index (χ1n) is 6.06. The maximum Gasteiger partial charge on any atom is 0.127 e. The Hall–Kier alpha value is -1.40. The Bertz CT molecular complexity index is 442. The van der Waals surface area contributed by atoms with Gasteiger partial charge in [-0.3, -0.25) is 0 Å². The van der Waals surface area contributed by atoms with E-state index in [2.05, 4.69) is 12.2 Å². The number of benzene rings is 1. The van der Waals surface area contributed by atoms with Gasteiger partial charge in [0.05, 0.1) is 11.6 Å². The number of hydrogen-bond acceptors (Lipinski definition) is 2. The first kappa shape index (κ1) is 12.1. The molecule has 90 valence electrons. The quantitative estimate of drug-likeness (QED) is 0.869. The molecule has 2 rings (SSSR count). The first-order valence-corrected chi connectivity index (χ1v) is 6.06. The smallest absolute Gasteiger partial charge is 0.127 e. The Morgan fingerprint density at radius 1 is 1.41 bits per heavy atom. The fraction of sp³-hybridized carbons (Fsp3) is 0.500. The summed E-state index contributed by atoms with van der Waals surface area (Å²) in [7, 11) is 0. The highest BCUT2D eigenvalue weighted by atomic mass is 19.1. The van der Waals surface area contributed by atoms with Gasteiger partial charge >= 0.3 is 0 Å². The van der Waals surface area contributed by atoms with Gasteiger partial charge in [0.25, 0.3) is 0 Å². The predicted molar refractivity (Wildman–Crippen MR) is 64.8 cm³/mol. The number of hydrogen-bond donors (Lipinski definition) is 1. The maximum absolute atomic E-state index is 13.6. The topological polar surface area (TPSA) is 35.8 Å². The fourth-order valence-electron chi connectivity index (χ4n) is 2.42. The standard InChI is InChI=1S/C14H17FN2/c1-14(6-2-3-7-14)17-10-12-8-11(9-16)4-5-13(12)15/h4-5,8,17H,2-3,6-7,10H2,1H3. The maximum atomic E-state index is 13.6. The lowest BCUT2D eigenvalue weighted by atomic mass is 10.00. The summed E-state index contributed by atoms with van der Waals surface area (Å²) in [5.74, 6) is -0.238. The van der Waals surface area contributed by atoms with Crippen LogP contribution >= 0.6 is 0 Å². The third-order valence-corrected chi connectivity index (χ3v) is 3.59. The Morgan fingerprint density at radius 2 is 2.12 bits per heavy atom. The molecule has 0 aromatic heterocycles. The normalized spacial score (nSPS) is 17.9. The molecule has 0 aliphatic heterocycles. The molecule has 1 aromatic carbocycles. The number of rotatable bonds is 3. The summed E-state index contributed by atoms with van der Waals surface area (Å²) in [5.41, 5.74) is 1.23. The van der Waals surface area contributed by atoms with Gasteiger partial charge in [-0.25, -0.2) is 4.39 Å². The lowest BCUT2D eigenvalue weighted by molar-refractivity contribution is 0.359. The van der Waals surface area contributed by atoms with Crippen molar-refractivity contribution in [2.24, 2.45) is 0 Å². The van der Waals surface area contributed by atoms with Gasteiger partial charge in [0.1, 0.15) is 5.82 Å². The third-order valence-electron chi connectivity index (χ3n) is 3.59. The molecule has 0 atom stereocenters. The third kappa shape index (κ3) is 2.83. The second-order valence-corrected chi connectivity index (χ2v) is 5.04. The van der Waals surface area contributed by atoms with Crippen LogP contribution in [0.25, 0.3) is 0 Å². The van der Waals surface area contributed by atoms with E-state index in [9.17, 15) is 4.39 Å². The zero-order valence-electron chi connectivity index (χ0n) is 10.1. The van der Waals surface area contributed by atoms with Crippen molar-refractivity contribution >= 4 is 0 Å². The van der Waals surface area contributed by atoms with Crippen molar-refractivity contribution in [1.29, 1.82) is 5.26 Å². The zero-order valence-corrected chi connectivity index (χ0v) is 10.1. The van der Waals surface area contributed by atoms with E-state index < -0.39 is 0 Å². The van der Waals surface area contributed by atoms with Crippen LogP contribution in [0.5, 0.6) is 0 Å². The average molecular weight is 232 g/mol. The molecule has 0 spiro atoms. The van der Waals surface area contributed by atoms with Gasteiger partial charge in [0.2, 0.25) is 0 Å². The van der Waals surface area contributed by atoms with E-state index in [-0.39, 0.29) is 11.4 Å². The van der Waals surface area contributed by atoms with Crippen molar-refractivity contribution in [2.75, 3.05) is 0 Å². The van der Waals surface area contributed by atoms with Gasteiger partial charge in [0.15, 0.2) is 0 Å². The summed E-state index contributed by atoms with van der Waals surface area (Å²) in [4.78, 5) is 0. The highest BCUT2D eigenvalue weighted by Crippen LogP contribution is 2.29. The van der Waals surface area contributed by atoms with Crippen LogP contribution in [0.4, 0.5) is 4.39 Å². The van der Waals surface area contributed by atoms with Crippen LogP contribution in [0.2, 0.25) is 0 Å². The molecular weight excluding hydrogens is 215 g/mol. The molecule has 1 fully saturated rings. The molecule has 1 aromatic rings. The van der Waals surface area contributed by atoms with Gasteiger partial charge in [-0.15, -0.1) is 0 Å². The molecule has 2 nitrogen and oxygen atoms in total. The van der Waals surface area contributed by atoms with Gasteiger partial charge in [-0.1, -0.05) is 12.8 Å². The van der Waals surface area contributed by atoms with Crippen molar-refractivity contribution in [3.05, 3.63) is 35.1 Å². The minimum Gasteiger partial charge on any atom is -0.307 e. The van der Waals surface area contributed by atoms with Gasteiger partial charge < -0.3 is 5.32 Å². The fourth-order valence-corrected chi connectivity index (χ4v) is 2.42. The lowest BCUT2D eigenvalue weighted by Crippen LogP contribution is -2.39. The molecule has 1 aliphatic rings. The second-order valence-electron chi connectivity index (χ2n) is 5.04. The summed E-state index contributed by atoms with van der Waals surface area (Å²) < 4.78 is 13.6. The van der Waals surface area contributed by atoms with Crippen molar-refractivity contribution in [3.8, 4) is 6.07 Å². The van der Waals surface area contributed by atoms with E-state index in [1.807, 2.05) is 6.07 Å². The average Bonchev–Trinajstić information content (AvgIpc) is 2.76. The molecule has 1 aliphatic carbocycles. The molecule has 0 amide bonds. The number of halogens is 1. The Morgan fingerprint density at radius 3 is 2.76 bits per heavy atom. The highest BCUT2D eigenvalue weighted by molar-refractivity contribution is 5.33. The molecule has 3 heteroatoms. The molecule has 0 bridgehead atoms. The summed E-state index contributed by atoms with van der Waals surface area (Å²) in [6.07, 6.45) is 4.77. The molecule has 0 heterocycles. The van der Waals surface area contributed by atoms with Crippen LogP contribution in [0.3, 0.4) is 0 Å². The lowest BCUT2D eigenvalue weighted by Gasteiger charge is -2.25. The van der Waals surface area contributed by atoms with Crippen LogP contribution in [0.15, 0.2) is 18.2 Å². The number of nitrogens with zero attached hydrogens (tertiary/aromatic N) is 1. The molecule has 0 radical (unpaired) electrons. The van der Waals surface area contributed by atoms with E-state index in [0.717, 1.165) is 12.8 Å². The van der Waals surface area contributed by atoms with Crippen LogP contribution in [0, 0.1) is 17.1 Å². The molecule has 1 N–H and O–H groups in total. The Balaban J connectivity index is 2.06. The van der Waals surface area contributed by atoms with Crippen molar-refractivity contribution < 1.29 is 4.39 Å². The SMILES string of the molecule is CC1(NCc2cc(C#N)ccc2F)CCCC1. The summed E-state index contributed by atoms with van der Waals surface area (Å²) in [5, 5.41) is 12.2. The van der Waals surface area contributed by atoms with Crippen LogP contribution in [0.1, 0.15) is 43.7 Å². The number of nitrogens with one attached hydrogen (secondary N) is 1. The summed E-state index contributed by atoms with van der Waals surface area (Å²) in [6.45, 7) is 2.68. The highest BCUT2D eigenvalue weighted by Gasteiger charge is 2.27. The number of nitriles is 1. The second kappa shape index (κ2) is 4.85. The molecule has 0 unspecified atom stereocenters. The van der Waals surface area contributed by atoms with Gasteiger partial charge in [-0.2, -0.15) is 5.26 Å². The zero-order chi connectivity index (χ0) is 12.3. The Labute approximate surface area is 101 Å². The summed E-state index contributed by atoms with van der Waals surface area (Å²) >= 11 is 0. The minimum absolute atomic E-state index is 0.134. The minimum atomic E-state index is -0.238.